The lowest BCUT2D eigenvalue weighted by atomic mass is 10.3. The minimum Gasteiger partial charge on any atom is -0.480 e. The lowest BCUT2D eigenvalue weighted by Crippen LogP contribution is -2.44. The molecule has 0 aliphatic carbocycles. The SMILES string of the molecule is C[C@H](NC(=O)CNCC(F)(F)F)C(=O)O. The average Bonchev–Trinajstić information content (AvgIpc) is 2.01. The summed E-state index contributed by atoms with van der Waals surface area (Å²) in [5.41, 5.74) is 0. The molecular weight excluding hydrogens is 217 g/mol. The van der Waals surface area contributed by atoms with Crippen LogP contribution in [0.4, 0.5) is 13.2 Å². The molecule has 0 aliphatic heterocycles. The van der Waals surface area contributed by atoms with Crippen molar-refractivity contribution in [1.82, 2.24) is 10.6 Å². The van der Waals surface area contributed by atoms with Crippen LogP contribution in [0.25, 0.3) is 0 Å². The Morgan fingerprint density at radius 2 is 1.93 bits per heavy atom. The molecule has 88 valence electrons. The fraction of sp³-hybridized carbons (Fsp3) is 0.714. The Labute approximate surface area is 83.6 Å². The minimum atomic E-state index is -4.39. The average molecular weight is 228 g/mol. The molecule has 5 nitrogen and oxygen atoms in total. The Morgan fingerprint density at radius 1 is 1.40 bits per heavy atom. The molecule has 1 atom stereocenters. The first-order chi connectivity index (χ1) is 6.72. The topological polar surface area (TPSA) is 78.4 Å². The van der Waals surface area contributed by atoms with Gasteiger partial charge in [0, 0.05) is 0 Å². The van der Waals surface area contributed by atoms with Crippen LogP contribution >= 0.6 is 0 Å². The molecule has 0 spiro atoms. The van der Waals surface area contributed by atoms with Gasteiger partial charge in [0.05, 0.1) is 13.1 Å². The molecule has 0 saturated heterocycles. The van der Waals surface area contributed by atoms with Gasteiger partial charge >= 0.3 is 12.1 Å². The first kappa shape index (κ1) is 13.7. The molecular formula is C7H11F3N2O3. The first-order valence-electron chi connectivity index (χ1n) is 4.02. The van der Waals surface area contributed by atoms with Crippen LogP contribution in [0.3, 0.4) is 0 Å². The fourth-order valence-corrected chi connectivity index (χ4v) is 0.672. The number of nitrogens with one attached hydrogen (secondary N) is 2. The summed E-state index contributed by atoms with van der Waals surface area (Å²) in [5, 5.41) is 12.2. The molecule has 1 amide bonds. The van der Waals surface area contributed by atoms with Crippen LogP contribution in [0, 0.1) is 0 Å². The number of amides is 1. The zero-order valence-corrected chi connectivity index (χ0v) is 7.89. The van der Waals surface area contributed by atoms with E-state index in [2.05, 4.69) is 0 Å². The third-order valence-electron chi connectivity index (χ3n) is 1.36. The zero-order chi connectivity index (χ0) is 12.1. The molecule has 0 heterocycles. The van der Waals surface area contributed by atoms with E-state index in [4.69, 9.17) is 5.11 Å². The van der Waals surface area contributed by atoms with Gasteiger partial charge in [0.2, 0.25) is 5.91 Å². The fourth-order valence-electron chi connectivity index (χ4n) is 0.672. The van der Waals surface area contributed by atoms with Crippen LogP contribution in [0.1, 0.15) is 6.92 Å². The number of carbonyl (C=O) groups excluding carboxylic acids is 1. The summed E-state index contributed by atoms with van der Waals surface area (Å²) in [6.45, 7) is -0.650. The highest BCUT2D eigenvalue weighted by atomic mass is 19.4. The number of halogens is 3. The van der Waals surface area contributed by atoms with E-state index >= 15 is 0 Å². The zero-order valence-electron chi connectivity index (χ0n) is 7.89. The summed E-state index contributed by atoms with van der Waals surface area (Å²) in [6, 6.07) is -1.12. The number of carboxylic acids is 1. The van der Waals surface area contributed by atoms with Gasteiger partial charge in [-0.1, -0.05) is 0 Å². The van der Waals surface area contributed by atoms with Gasteiger partial charge in [-0.15, -0.1) is 0 Å². The molecule has 0 bridgehead atoms. The summed E-state index contributed by atoms with van der Waals surface area (Å²) < 4.78 is 34.8. The van der Waals surface area contributed by atoms with Gasteiger partial charge in [-0.25, -0.2) is 0 Å². The van der Waals surface area contributed by atoms with Gasteiger partial charge in [0.1, 0.15) is 6.04 Å². The maximum absolute atomic E-state index is 11.6. The number of alkyl halides is 3. The second kappa shape index (κ2) is 5.54. The number of hydrogen-bond donors (Lipinski definition) is 3. The van der Waals surface area contributed by atoms with Gasteiger partial charge in [0.25, 0.3) is 0 Å². The van der Waals surface area contributed by atoms with Gasteiger partial charge in [-0.3, -0.25) is 9.59 Å². The highest BCUT2D eigenvalue weighted by molar-refractivity contribution is 5.84. The Morgan fingerprint density at radius 3 is 2.33 bits per heavy atom. The summed E-state index contributed by atoms with van der Waals surface area (Å²) in [5.74, 6) is -2.05. The number of rotatable bonds is 5. The Kier molecular flexibility index (Phi) is 5.06. The van der Waals surface area contributed by atoms with Crippen molar-refractivity contribution in [2.75, 3.05) is 13.1 Å². The van der Waals surface area contributed by atoms with E-state index in [0.29, 0.717) is 0 Å². The molecule has 0 aromatic rings. The maximum atomic E-state index is 11.6. The molecule has 3 N–H and O–H groups in total. The number of hydrogen-bond acceptors (Lipinski definition) is 3. The molecule has 0 aromatic carbocycles. The quantitative estimate of drug-likeness (QED) is 0.605. The van der Waals surface area contributed by atoms with Crippen molar-refractivity contribution >= 4 is 11.9 Å². The molecule has 0 rings (SSSR count). The molecule has 15 heavy (non-hydrogen) atoms. The molecule has 0 radical (unpaired) electrons. The van der Waals surface area contributed by atoms with Gasteiger partial charge in [0.15, 0.2) is 0 Å². The summed E-state index contributed by atoms with van der Waals surface area (Å²) in [6.07, 6.45) is -4.39. The number of carbonyl (C=O) groups is 2. The van der Waals surface area contributed by atoms with Crippen molar-refractivity contribution < 1.29 is 27.9 Å². The number of aliphatic carboxylic acids is 1. The summed E-state index contributed by atoms with van der Waals surface area (Å²) in [4.78, 5) is 21.1. The second-order valence-corrected chi connectivity index (χ2v) is 2.85. The van der Waals surface area contributed by atoms with E-state index in [1.54, 1.807) is 0 Å². The largest absolute Gasteiger partial charge is 0.480 e. The van der Waals surface area contributed by atoms with Crippen LogP contribution in [0.5, 0.6) is 0 Å². The van der Waals surface area contributed by atoms with Crippen molar-refractivity contribution in [3.63, 3.8) is 0 Å². The Hall–Kier alpha value is -1.31. The number of carboxylic acid groups (broad SMARTS) is 1. The molecule has 0 saturated carbocycles. The van der Waals surface area contributed by atoms with Crippen molar-refractivity contribution in [2.24, 2.45) is 0 Å². The van der Waals surface area contributed by atoms with Crippen LogP contribution in [-0.4, -0.2) is 42.3 Å². The van der Waals surface area contributed by atoms with Gasteiger partial charge in [-0.2, -0.15) is 13.2 Å². The Balaban J connectivity index is 3.72. The van der Waals surface area contributed by atoms with E-state index < -0.39 is 37.2 Å². The van der Waals surface area contributed by atoms with Crippen LogP contribution in [0.2, 0.25) is 0 Å². The molecule has 0 aliphatic rings. The standard InChI is InChI=1S/C7H11F3N2O3/c1-4(6(14)15)12-5(13)2-11-3-7(8,9)10/h4,11H,2-3H2,1H3,(H,12,13)(H,14,15)/t4-/m0/s1. The van der Waals surface area contributed by atoms with E-state index in [9.17, 15) is 22.8 Å². The van der Waals surface area contributed by atoms with Gasteiger partial charge in [-0.05, 0) is 6.92 Å². The van der Waals surface area contributed by atoms with E-state index in [0.717, 1.165) is 0 Å². The van der Waals surface area contributed by atoms with Crippen LogP contribution < -0.4 is 10.6 Å². The van der Waals surface area contributed by atoms with E-state index in [1.165, 1.54) is 6.92 Å². The molecule has 8 heteroatoms. The van der Waals surface area contributed by atoms with E-state index in [-0.39, 0.29) is 0 Å². The maximum Gasteiger partial charge on any atom is 0.401 e. The van der Waals surface area contributed by atoms with Crippen molar-refractivity contribution in [2.45, 2.75) is 19.1 Å². The highest BCUT2D eigenvalue weighted by Crippen LogP contribution is 2.11. The minimum absolute atomic E-state index is 0.572. The molecule has 0 aromatic heterocycles. The van der Waals surface area contributed by atoms with Crippen molar-refractivity contribution in [1.29, 1.82) is 0 Å². The predicted octanol–water partition coefficient (Wildman–Crippen LogP) is -0.272. The normalized spacial score (nSPS) is 13.3. The lowest BCUT2D eigenvalue weighted by Gasteiger charge is -2.10. The van der Waals surface area contributed by atoms with Crippen molar-refractivity contribution in [3.8, 4) is 0 Å². The smallest absolute Gasteiger partial charge is 0.401 e. The lowest BCUT2D eigenvalue weighted by molar-refractivity contribution is -0.141. The monoisotopic (exact) mass is 228 g/mol. The summed E-state index contributed by atoms with van der Waals surface area (Å²) >= 11 is 0. The molecule has 0 unspecified atom stereocenters. The predicted molar refractivity (Wildman–Crippen MR) is 44.2 cm³/mol. The summed E-state index contributed by atoms with van der Waals surface area (Å²) in [7, 11) is 0. The van der Waals surface area contributed by atoms with Crippen molar-refractivity contribution in [3.05, 3.63) is 0 Å². The van der Waals surface area contributed by atoms with E-state index in [1.807, 2.05) is 10.6 Å². The third kappa shape index (κ3) is 7.74. The van der Waals surface area contributed by atoms with Crippen LogP contribution in [-0.2, 0) is 9.59 Å². The highest BCUT2D eigenvalue weighted by Gasteiger charge is 2.26. The molecule has 0 fully saturated rings. The first-order valence-corrected chi connectivity index (χ1v) is 4.02. The second-order valence-electron chi connectivity index (χ2n) is 2.85. The van der Waals surface area contributed by atoms with Gasteiger partial charge < -0.3 is 15.7 Å². The third-order valence-corrected chi connectivity index (χ3v) is 1.36. The van der Waals surface area contributed by atoms with Crippen LogP contribution in [0.15, 0.2) is 0 Å². The Bertz CT molecular complexity index is 242.